The summed E-state index contributed by atoms with van der Waals surface area (Å²) in [4.78, 5) is 21.4. The second-order valence-corrected chi connectivity index (χ2v) is 7.34. The second kappa shape index (κ2) is 8.62. The van der Waals surface area contributed by atoms with E-state index in [4.69, 9.17) is 11.0 Å². The Kier molecular flexibility index (Phi) is 6.01. The number of aromatic nitrogens is 2. The number of nitriles is 1. The Hall–Kier alpha value is -2.96. The van der Waals surface area contributed by atoms with E-state index < -0.39 is 0 Å². The topological polar surface area (TPSA) is 105 Å². The van der Waals surface area contributed by atoms with Crippen molar-refractivity contribution < 1.29 is 9.18 Å². The summed E-state index contributed by atoms with van der Waals surface area (Å²) in [6.45, 7) is 0. The highest BCUT2D eigenvalue weighted by molar-refractivity contribution is 7.99. The number of thiophene rings is 1. The highest BCUT2D eigenvalue weighted by Crippen LogP contribution is 2.26. The molecule has 0 aliphatic carbocycles. The smallest absolute Gasteiger partial charge is 0.231 e. The predicted octanol–water partition coefficient (Wildman–Crippen LogP) is 3.13. The zero-order valence-electron chi connectivity index (χ0n) is 13.9. The van der Waals surface area contributed by atoms with Crippen LogP contribution in [0.3, 0.4) is 0 Å². The zero-order chi connectivity index (χ0) is 19.2. The molecule has 3 aromatic rings. The summed E-state index contributed by atoms with van der Waals surface area (Å²) >= 11 is 2.62. The Labute approximate surface area is 163 Å². The van der Waals surface area contributed by atoms with Gasteiger partial charge in [0.05, 0.1) is 18.0 Å². The summed E-state index contributed by atoms with van der Waals surface area (Å²) in [5.41, 5.74) is 6.64. The van der Waals surface area contributed by atoms with Gasteiger partial charge in [-0.3, -0.25) is 4.79 Å². The van der Waals surface area contributed by atoms with Crippen LogP contribution in [-0.4, -0.2) is 21.6 Å². The maximum Gasteiger partial charge on any atom is 0.231 e. The zero-order valence-corrected chi connectivity index (χ0v) is 15.6. The molecule has 6 nitrogen and oxygen atoms in total. The van der Waals surface area contributed by atoms with Crippen molar-refractivity contribution in [1.82, 2.24) is 15.3 Å². The number of benzene rings is 1. The maximum absolute atomic E-state index is 13.2. The third-order valence-electron chi connectivity index (χ3n) is 3.59. The summed E-state index contributed by atoms with van der Waals surface area (Å²) in [5.74, 6) is -0.400. The lowest BCUT2D eigenvalue weighted by molar-refractivity contribution is -0.119. The van der Waals surface area contributed by atoms with Crippen molar-refractivity contribution in [2.24, 2.45) is 0 Å². The van der Waals surface area contributed by atoms with Gasteiger partial charge in [-0.1, -0.05) is 30.0 Å². The fraction of sp³-hybridized carbons (Fsp3) is 0.111. The van der Waals surface area contributed by atoms with Crippen LogP contribution >= 0.6 is 23.1 Å². The summed E-state index contributed by atoms with van der Waals surface area (Å²) in [6.07, 6.45) is 1.33. The Morgan fingerprint density at radius 1 is 1.37 bits per heavy atom. The van der Waals surface area contributed by atoms with E-state index in [1.807, 2.05) is 23.6 Å². The molecule has 27 heavy (non-hydrogen) atoms. The van der Waals surface area contributed by atoms with Gasteiger partial charge in [0.25, 0.3) is 0 Å². The average Bonchev–Trinajstić information content (AvgIpc) is 3.20. The number of carbonyl (C=O) groups excluding carboxylic acids is 1. The molecule has 1 atom stereocenters. The van der Waals surface area contributed by atoms with Crippen LogP contribution in [0.25, 0.3) is 0 Å². The molecule has 0 saturated carbocycles. The van der Waals surface area contributed by atoms with Gasteiger partial charge in [-0.15, -0.1) is 11.3 Å². The molecule has 0 radical (unpaired) electrons. The fourth-order valence-corrected chi connectivity index (χ4v) is 3.73. The van der Waals surface area contributed by atoms with Gasteiger partial charge in [-0.2, -0.15) is 5.26 Å². The van der Waals surface area contributed by atoms with Gasteiger partial charge in [0.2, 0.25) is 5.91 Å². The molecule has 9 heteroatoms. The molecule has 1 aromatic carbocycles. The first-order chi connectivity index (χ1) is 13.1. The molecule has 136 valence electrons. The summed E-state index contributed by atoms with van der Waals surface area (Å²) < 4.78 is 13.2. The van der Waals surface area contributed by atoms with Gasteiger partial charge in [0, 0.05) is 4.88 Å². The van der Waals surface area contributed by atoms with Gasteiger partial charge in [0.1, 0.15) is 23.3 Å². The molecule has 2 heterocycles. The van der Waals surface area contributed by atoms with Crippen LogP contribution in [0, 0.1) is 17.1 Å². The van der Waals surface area contributed by atoms with Crippen molar-refractivity contribution in [1.29, 1.82) is 5.26 Å². The van der Waals surface area contributed by atoms with Crippen LogP contribution < -0.4 is 11.1 Å². The number of nitrogens with one attached hydrogen (secondary N) is 1. The summed E-state index contributed by atoms with van der Waals surface area (Å²) in [5, 5.41) is 14.0. The van der Waals surface area contributed by atoms with E-state index in [0.29, 0.717) is 5.16 Å². The third-order valence-corrected chi connectivity index (χ3v) is 5.38. The SMILES string of the molecule is N#Cc1cnc(SCC(=O)N[C@H](c2ccc(F)cc2)c2cccs2)nc1N. The molecule has 0 spiro atoms. The van der Waals surface area contributed by atoms with Crippen LogP contribution in [0.4, 0.5) is 10.2 Å². The largest absolute Gasteiger partial charge is 0.382 e. The van der Waals surface area contributed by atoms with Gasteiger partial charge in [-0.05, 0) is 29.1 Å². The summed E-state index contributed by atoms with van der Waals surface area (Å²) in [6, 6.07) is 11.4. The number of nitrogens with two attached hydrogens (primary N) is 1. The van der Waals surface area contributed by atoms with Crippen molar-refractivity contribution in [2.75, 3.05) is 11.5 Å². The minimum Gasteiger partial charge on any atom is -0.382 e. The lowest BCUT2D eigenvalue weighted by Gasteiger charge is -2.18. The molecule has 0 fully saturated rings. The summed E-state index contributed by atoms with van der Waals surface area (Å²) in [7, 11) is 0. The number of anilines is 1. The fourth-order valence-electron chi connectivity index (χ4n) is 2.30. The number of thioether (sulfide) groups is 1. The lowest BCUT2D eigenvalue weighted by atomic mass is 10.1. The molecule has 2 aromatic heterocycles. The van der Waals surface area contributed by atoms with Gasteiger partial charge in [-0.25, -0.2) is 14.4 Å². The van der Waals surface area contributed by atoms with Crippen molar-refractivity contribution in [3.05, 3.63) is 69.8 Å². The number of carbonyl (C=O) groups is 1. The highest BCUT2D eigenvalue weighted by Gasteiger charge is 2.18. The van der Waals surface area contributed by atoms with Crippen LogP contribution in [-0.2, 0) is 4.79 Å². The molecule has 3 N–H and O–H groups in total. The van der Waals surface area contributed by atoms with Crippen molar-refractivity contribution >= 4 is 34.8 Å². The molecule has 1 amide bonds. The quantitative estimate of drug-likeness (QED) is 0.487. The Bertz CT molecular complexity index is 970. The standard InChI is InChI=1S/C18H14FN5OS2/c19-13-5-3-11(4-6-13)16(14-2-1-7-26-14)23-15(25)10-27-18-22-9-12(8-20)17(21)24-18/h1-7,9,16H,10H2,(H,23,25)(H2,21,22,24)/t16-/m1/s1. The molecule has 0 bridgehead atoms. The predicted molar refractivity (Wildman–Crippen MR) is 103 cm³/mol. The number of amides is 1. The number of hydrogen-bond acceptors (Lipinski definition) is 7. The monoisotopic (exact) mass is 399 g/mol. The first-order valence-electron chi connectivity index (χ1n) is 7.80. The third kappa shape index (κ3) is 4.81. The van der Waals surface area contributed by atoms with Crippen molar-refractivity contribution in [3.63, 3.8) is 0 Å². The first-order valence-corrected chi connectivity index (χ1v) is 9.67. The lowest BCUT2D eigenvalue weighted by Crippen LogP contribution is -2.30. The van der Waals surface area contributed by atoms with Crippen LogP contribution in [0.5, 0.6) is 0 Å². The first kappa shape index (κ1) is 18.8. The average molecular weight is 399 g/mol. The molecule has 3 rings (SSSR count). The van der Waals surface area contributed by atoms with Gasteiger partial charge in [0.15, 0.2) is 5.16 Å². The van der Waals surface area contributed by atoms with E-state index in [2.05, 4.69) is 15.3 Å². The normalized spacial score (nSPS) is 11.6. The molecular formula is C18H14FN5OS2. The Balaban J connectivity index is 1.69. The molecular weight excluding hydrogens is 385 g/mol. The van der Waals surface area contributed by atoms with Gasteiger partial charge >= 0.3 is 0 Å². The van der Waals surface area contributed by atoms with E-state index in [1.165, 1.54) is 29.7 Å². The Morgan fingerprint density at radius 3 is 2.78 bits per heavy atom. The number of rotatable bonds is 6. The van der Waals surface area contributed by atoms with E-state index in [1.54, 1.807) is 12.1 Å². The van der Waals surface area contributed by atoms with E-state index >= 15 is 0 Å². The number of nitrogens with zero attached hydrogens (tertiary/aromatic N) is 3. The van der Waals surface area contributed by atoms with Gasteiger partial charge < -0.3 is 11.1 Å². The number of halogens is 1. The molecule has 0 aliphatic heterocycles. The van der Waals surface area contributed by atoms with E-state index in [0.717, 1.165) is 22.2 Å². The minimum atomic E-state index is -0.370. The van der Waals surface area contributed by atoms with Crippen LogP contribution in [0.1, 0.15) is 22.0 Å². The minimum absolute atomic E-state index is 0.0778. The molecule has 0 saturated heterocycles. The van der Waals surface area contributed by atoms with Crippen molar-refractivity contribution in [3.8, 4) is 6.07 Å². The van der Waals surface area contributed by atoms with E-state index in [-0.39, 0.29) is 34.9 Å². The number of nitrogen functional groups attached to an aromatic ring is 1. The number of hydrogen-bond donors (Lipinski definition) is 2. The molecule has 0 aliphatic rings. The Morgan fingerprint density at radius 2 is 2.15 bits per heavy atom. The molecule has 0 unspecified atom stereocenters. The van der Waals surface area contributed by atoms with E-state index in [9.17, 15) is 9.18 Å². The highest BCUT2D eigenvalue weighted by atomic mass is 32.2. The maximum atomic E-state index is 13.2. The van der Waals surface area contributed by atoms with Crippen molar-refractivity contribution in [2.45, 2.75) is 11.2 Å². The second-order valence-electron chi connectivity index (χ2n) is 5.42. The van der Waals surface area contributed by atoms with Crippen LogP contribution in [0.2, 0.25) is 0 Å². The van der Waals surface area contributed by atoms with Crippen LogP contribution in [0.15, 0.2) is 53.1 Å².